The highest BCUT2D eigenvalue weighted by Gasteiger charge is 2.49. The second-order valence-corrected chi connectivity index (χ2v) is 4.29. The van der Waals surface area contributed by atoms with Crippen molar-refractivity contribution in [2.24, 2.45) is 0 Å². The van der Waals surface area contributed by atoms with Gasteiger partial charge in [-0.05, 0) is 18.4 Å². The quantitative estimate of drug-likeness (QED) is 0.573. The van der Waals surface area contributed by atoms with E-state index in [1.54, 1.807) is 0 Å². The number of halogens is 1. The third-order valence-corrected chi connectivity index (χ3v) is 3.28. The van der Waals surface area contributed by atoms with E-state index in [0.29, 0.717) is 5.57 Å². The van der Waals surface area contributed by atoms with Crippen LogP contribution in [-0.4, -0.2) is 40.7 Å². The van der Waals surface area contributed by atoms with Gasteiger partial charge in [0, 0.05) is 5.57 Å². The van der Waals surface area contributed by atoms with Crippen molar-refractivity contribution in [2.75, 3.05) is 6.67 Å². The Labute approximate surface area is 102 Å². The van der Waals surface area contributed by atoms with Crippen LogP contribution in [0.4, 0.5) is 9.18 Å². The highest BCUT2D eigenvalue weighted by Crippen LogP contribution is 2.32. The fourth-order valence-electron chi connectivity index (χ4n) is 2.19. The molecule has 18 heavy (non-hydrogen) atoms. The Bertz CT molecular complexity index is 460. The number of aliphatic hydroxyl groups is 1. The van der Waals surface area contributed by atoms with Crippen molar-refractivity contribution in [3.05, 3.63) is 23.3 Å². The molecule has 1 aliphatic heterocycles. The van der Waals surface area contributed by atoms with Crippen molar-refractivity contribution in [1.29, 1.82) is 0 Å². The van der Waals surface area contributed by atoms with Gasteiger partial charge in [-0.15, -0.1) is 0 Å². The normalized spacial score (nSPS) is 31.2. The first-order valence-corrected chi connectivity index (χ1v) is 5.46. The second kappa shape index (κ2) is 4.41. The van der Waals surface area contributed by atoms with Crippen molar-refractivity contribution in [2.45, 2.75) is 24.6 Å². The first-order chi connectivity index (χ1) is 8.49. The Morgan fingerprint density at radius 3 is 2.61 bits per heavy atom. The third kappa shape index (κ3) is 1.86. The molecule has 0 spiro atoms. The summed E-state index contributed by atoms with van der Waals surface area (Å²) in [5.74, 6) is -1.02. The van der Waals surface area contributed by atoms with Gasteiger partial charge in [-0.1, -0.05) is 12.2 Å². The first kappa shape index (κ1) is 12.6. The van der Waals surface area contributed by atoms with E-state index >= 15 is 0 Å². The summed E-state index contributed by atoms with van der Waals surface area (Å²) in [7, 11) is 0. The summed E-state index contributed by atoms with van der Waals surface area (Å²) >= 11 is 0. The lowest BCUT2D eigenvalue weighted by Gasteiger charge is -2.32. The summed E-state index contributed by atoms with van der Waals surface area (Å²) in [4.78, 5) is 21.9. The largest absolute Gasteiger partial charge is 0.478 e. The number of rotatable bonds is 3. The zero-order valence-electron chi connectivity index (χ0n) is 9.44. The van der Waals surface area contributed by atoms with Crippen LogP contribution in [0, 0.1) is 0 Å². The number of nitrogens with one attached hydrogen (secondary N) is 2. The number of carbonyl (C=O) groups is 2. The van der Waals surface area contributed by atoms with Crippen LogP contribution in [-0.2, 0) is 4.79 Å². The van der Waals surface area contributed by atoms with Crippen LogP contribution in [0.2, 0.25) is 0 Å². The molecule has 1 heterocycles. The third-order valence-electron chi connectivity index (χ3n) is 3.28. The molecule has 4 N–H and O–H groups in total. The molecule has 2 unspecified atom stereocenters. The molecule has 2 atom stereocenters. The average molecular weight is 256 g/mol. The van der Waals surface area contributed by atoms with E-state index in [1.165, 1.54) is 12.2 Å². The lowest BCUT2D eigenvalue weighted by molar-refractivity contribution is -0.132. The molecule has 0 aromatic rings. The minimum Gasteiger partial charge on any atom is -0.478 e. The topological polar surface area (TPSA) is 98.7 Å². The Kier molecular flexibility index (Phi) is 3.08. The van der Waals surface area contributed by atoms with Gasteiger partial charge < -0.3 is 20.8 Å². The minimum absolute atomic E-state index is 0.222. The number of allylic oxidation sites excluding steroid dienone is 2. The highest BCUT2D eigenvalue weighted by atomic mass is 19.1. The summed E-state index contributed by atoms with van der Waals surface area (Å²) in [6.07, 6.45) is 1.98. The van der Waals surface area contributed by atoms with Gasteiger partial charge in [-0.25, -0.2) is 14.0 Å². The predicted octanol–water partition coefficient (Wildman–Crippen LogP) is 0.0571. The van der Waals surface area contributed by atoms with Crippen LogP contribution >= 0.6 is 0 Å². The molecule has 0 aromatic heterocycles. The van der Waals surface area contributed by atoms with E-state index in [1.807, 2.05) is 0 Å². The Balaban J connectivity index is 2.31. The number of urea groups is 1. The number of aliphatic hydroxyl groups excluding tert-OH is 1. The fraction of sp³-hybridized carbons (Fsp3) is 0.455. The molecule has 6 nitrogen and oxygen atoms in total. The molecule has 0 saturated carbocycles. The van der Waals surface area contributed by atoms with Gasteiger partial charge in [-0.3, -0.25) is 0 Å². The fourth-order valence-corrected chi connectivity index (χ4v) is 2.19. The smallest absolute Gasteiger partial charge is 0.331 e. The number of alkyl halides is 1. The van der Waals surface area contributed by atoms with E-state index in [0.717, 1.165) is 0 Å². The number of hydrogen-bond acceptors (Lipinski definition) is 3. The monoisotopic (exact) mass is 256 g/mol. The van der Waals surface area contributed by atoms with E-state index in [9.17, 15) is 19.1 Å². The summed E-state index contributed by atoms with van der Waals surface area (Å²) in [6, 6.07) is -0.644. The van der Waals surface area contributed by atoms with Gasteiger partial charge in [0.05, 0.1) is 0 Å². The van der Waals surface area contributed by atoms with Gasteiger partial charge in [0.1, 0.15) is 12.2 Å². The highest BCUT2D eigenvalue weighted by molar-refractivity contribution is 5.87. The standard InChI is InChI=1S/C11H13FN2O4/c12-5-11(9(17)13-10(18)14-11)7-3-1-6(2-4-7)8(15)16/h1,3,9,17H,2,4-5H2,(H,15,16)(H2,13,14,18). The maximum Gasteiger partial charge on any atom is 0.331 e. The zero-order chi connectivity index (χ0) is 13.3. The molecular formula is C11H13FN2O4. The zero-order valence-corrected chi connectivity index (χ0v) is 9.44. The molecule has 1 fully saturated rings. The molecule has 0 radical (unpaired) electrons. The number of carbonyl (C=O) groups excluding carboxylic acids is 1. The van der Waals surface area contributed by atoms with Crippen molar-refractivity contribution < 1.29 is 24.2 Å². The second-order valence-electron chi connectivity index (χ2n) is 4.29. The van der Waals surface area contributed by atoms with E-state index in [4.69, 9.17) is 5.11 Å². The molecule has 98 valence electrons. The lowest BCUT2D eigenvalue weighted by atomic mass is 9.83. The van der Waals surface area contributed by atoms with Gasteiger partial charge in [0.25, 0.3) is 0 Å². The molecule has 2 amide bonds. The lowest BCUT2D eigenvalue weighted by Crippen LogP contribution is -2.53. The maximum atomic E-state index is 13.2. The summed E-state index contributed by atoms with van der Waals surface area (Å²) in [6.45, 7) is -0.963. The molecule has 0 aromatic carbocycles. The van der Waals surface area contributed by atoms with E-state index in [-0.39, 0.29) is 18.4 Å². The molecular weight excluding hydrogens is 243 g/mol. The SMILES string of the molecule is O=C1NC(O)C(CF)(C2=CC=C(C(=O)O)CC2)N1. The summed E-state index contributed by atoms with van der Waals surface area (Å²) in [5.41, 5.74) is -0.794. The molecule has 1 aliphatic carbocycles. The van der Waals surface area contributed by atoms with Crippen molar-refractivity contribution >= 4 is 12.0 Å². The molecule has 0 bridgehead atoms. The van der Waals surface area contributed by atoms with Crippen molar-refractivity contribution in [3.8, 4) is 0 Å². The van der Waals surface area contributed by atoms with Crippen LogP contribution in [0.15, 0.2) is 23.3 Å². The van der Waals surface area contributed by atoms with Gasteiger partial charge in [-0.2, -0.15) is 0 Å². The van der Waals surface area contributed by atoms with Crippen molar-refractivity contribution in [3.63, 3.8) is 0 Å². The molecule has 2 rings (SSSR count). The number of amides is 2. The predicted molar refractivity (Wildman–Crippen MR) is 59.4 cm³/mol. The van der Waals surface area contributed by atoms with Gasteiger partial charge in [0.2, 0.25) is 0 Å². The first-order valence-electron chi connectivity index (χ1n) is 5.46. The Morgan fingerprint density at radius 1 is 1.50 bits per heavy atom. The minimum atomic E-state index is -1.49. The van der Waals surface area contributed by atoms with E-state index < -0.39 is 30.4 Å². The van der Waals surface area contributed by atoms with Crippen LogP contribution in [0.1, 0.15) is 12.8 Å². The average Bonchev–Trinajstić information content (AvgIpc) is 2.65. The number of aliphatic carboxylic acids is 1. The van der Waals surface area contributed by atoms with Gasteiger partial charge in [0.15, 0.2) is 6.23 Å². The number of hydrogen-bond donors (Lipinski definition) is 4. The van der Waals surface area contributed by atoms with E-state index in [2.05, 4.69) is 10.6 Å². The summed E-state index contributed by atoms with van der Waals surface area (Å²) < 4.78 is 13.2. The molecule has 7 heteroatoms. The Morgan fingerprint density at radius 2 is 2.22 bits per heavy atom. The van der Waals surface area contributed by atoms with Crippen LogP contribution in [0.25, 0.3) is 0 Å². The van der Waals surface area contributed by atoms with Crippen LogP contribution in [0.5, 0.6) is 0 Å². The Hall–Kier alpha value is -1.89. The molecule has 2 aliphatic rings. The van der Waals surface area contributed by atoms with Gasteiger partial charge >= 0.3 is 12.0 Å². The van der Waals surface area contributed by atoms with Crippen molar-refractivity contribution in [1.82, 2.24) is 10.6 Å². The maximum absolute atomic E-state index is 13.2. The molecule has 1 saturated heterocycles. The summed E-state index contributed by atoms with van der Waals surface area (Å²) in [5, 5.41) is 23.1. The van der Waals surface area contributed by atoms with Crippen LogP contribution < -0.4 is 10.6 Å². The number of carboxylic acid groups (broad SMARTS) is 1. The van der Waals surface area contributed by atoms with Crippen LogP contribution in [0.3, 0.4) is 0 Å². The number of carboxylic acids is 1.